The molecule has 0 aliphatic heterocycles. The average Bonchev–Trinajstić information content (AvgIpc) is 2.54. The Bertz CT molecular complexity index is 493. The van der Waals surface area contributed by atoms with Crippen molar-refractivity contribution in [1.82, 2.24) is 10.6 Å². The van der Waals surface area contributed by atoms with Crippen molar-refractivity contribution in [2.24, 2.45) is 10.9 Å². The van der Waals surface area contributed by atoms with Crippen molar-refractivity contribution in [3.05, 3.63) is 29.3 Å². The summed E-state index contributed by atoms with van der Waals surface area (Å²) < 4.78 is 10.9. The Balaban J connectivity index is 0.00000529. The van der Waals surface area contributed by atoms with Gasteiger partial charge in [0.15, 0.2) is 5.96 Å². The maximum Gasteiger partial charge on any atom is 0.191 e. The van der Waals surface area contributed by atoms with E-state index >= 15 is 0 Å². The van der Waals surface area contributed by atoms with Gasteiger partial charge in [0.25, 0.3) is 0 Å². The highest BCUT2D eigenvalue weighted by atomic mass is 127. The Morgan fingerprint density at radius 1 is 1.25 bits per heavy atom. The molecule has 5 nitrogen and oxygen atoms in total. The molecule has 0 spiro atoms. The van der Waals surface area contributed by atoms with Crippen LogP contribution in [0.25, 0.3) is 0 Å². The fraction of sp³-hybridized carbons (Fsp3) is 0.611. The summed E-state index contributed by atoms with van der Waals surface area (Å²) >= 11 is 0. The van der Waals surface area contributed by atoms with Gasteiger partial charge in [-0.3, -0.25) is 4.99 Å². The number of halogens is 1. The summed E-state index contributed by atoms with van der Waals surface area (Å²) in [7, 11) is 3.47. The van der Waals surface area contributed by atoms with E-state index in [9.17, 15) is 0 Å². The maximum absolute atomic E-state index is 5.56. The topological polar surface area (TPSA) is 54.9 Å². The van der Waals surface area contributed by atoms with Gasteiger partial charge in [0.2, 0.25) is 0 Å². The van der Waals surface area contributed by atoms with Crippen LogP contribution in [0.4, 0.5) is 0 Å². The Hall–Kier alpha value is -1.02. The first-order valence-corrected chi connectivity index (χ1v) is 8.22. The SMILES string of the molecule is CN=C(NCCCOCC(C)C)NCc1ccc(C)c(OC)c1.I. The van der Waals surface area contributed by atoms with Gasteiger partial charge in [0.05, 0.1) is 7.11 Å². The molecule has 0 atom stereocenters. The minimum atomic E-state index is 0. The van der Waals surface area contributed by atoms with Crippen LogP contribution in [0.2, 0.25) is 0 Å². The Morgan fingerprint density at radius 2 is 2.00 bits per heavy atom. The van der Waals surface area contributed by atoms with Gasteiger partial charge in [0, 0.05) is 33.4 Å². The van der Waals surface area contributed by atoms with E-state index in [0.29, 0.717) is 12.5 Å². The van der Waals surface area contributed by atoms with E-state index in [1.807, 2.05) is 6.92 Å². The monoisotopic (exact) mass is 449 g/mol. The Kier molecular flexibility index (Phi) is 12.7. The molecule has 0 aliphatic carbocycles. The first-order valence-electron chi connectivity index (χ1n) is 8.22. The van der Waals surface area contributed by atoms with Crippen LogP contribution in [0.15, 0.2) is 23.2 Å². The highest BCUT2D eigenvalue weighted by Crippen LogP contribution is 2.18. The summed E-state index contributed by atoms with van der Waals surface area (Å²) in [6, 6.07) is 6.21. The third kappa shape index (κ3) is 9.32. The molecule has 138 valence electrons. The summed E-state index contributed by atoms with van der Waals surface area (Å²) in [6.45, 7) is 9.50. The summed E-state index contributed by atoms with van der Waals surface area (Å²) in [6.07, 6.45) is 0.964. The molecule has 0 saturated heterocycles. The number of nitrogens with one attached hydrogen (secondary N) is 2. The average molecular weight is 449 g/mol. The van der Waals surface area contributed by atoms with E-state index in [1.165, 1.54) is 0 Å². The molecule has 2 N–H and O–H groups in total. The number of methoxy groups -OCH3 is 1. The summed E-state index contributed by atoms with van der Waals surface area (Å²) in [5.74, 6) is 2.30. The van der Waals surface area contributed by atoms with Crippen LogP contribution in [-0.2, 0) is 11.3 Å². The van der Waals surface area contributed by atoms with E-state index in [4.69, 9.17) is 9.47 Å². The highest BCUT2D eigenvalue weighted by molar-refractivity contribution is 14.0. The predicted octanol–water partition coefficient (Wildman–Crippen LogP) is 3.35. The number of hydrogen-bond donors (Lipinski definition) is 2. The fourth-order valence-electron chi connectivity index (χ4n) is 2.08. The third-order valence-corrected chi connectivity index (χ3v) is 3.37. The first kappa shape index (κ1) is 23.0. The molecular weight excluding hydrogens is 417 g/mol. The van der Waals surface area contributed by atoms with Crippen molar-refractivity contribution >= 4 is 29.9 Å². The molecule has 1 rings (SSSR count). The van der Waals surface area contributed by atoms with E-state index < -0.39 is 0 Å². The summed E-state index contributed by atoms with van der Waals surface area (Å²) in [5.41, 5.74) is 2.30. The second kappa shape index (κ2) is 13.3. The lowest BCUT2D eigenvalue weighted by atomic mass is 10.1. The van der Waals surface area contributed by atoms with Gasteiger partial charge in [-0.25, -0.2) is 0 Å². The quantitative estimate of drug-likeness (QED) is 0.263. The lowest BCUT2D eigenvalue weighted by Crippen LogP contribution is -2.37. The van der Waals surface area contributed by atoms with Crippen LogP contribution < -0.4 is 15.4 Å². The number of ether oxygens (including phenoxy) is 2. The molecule has 0 radical (unpaired) electrons. The Morgan fingerprint density at radius 3 is 2.62 bits per heavy atom. The number of aryl methyl sites for hydroxylation is 1. The van der Waals surface area contributed by atoms with Gasteiger partial charge < -0.3 is 20.1 Å². The largest absolute Gasteiger partial charge is 0.496 e. The number of guanidine groups is 1. The van der Waals surface area contributed by atoms with Crippen LogP contribution in [-0.4, -0.2) is 39.9 Å². The van der Waals surface area contributed by atoms with Crippen molar-refractivity contribution in [3.8, 4) is 5.75 Å². The van der Waals surface area contributed by atoms with Gasteiger partial charge in [-0.15, -0.1) is 24.0 Å². The third-order valence-electron chi connectivity index (χ3n) is 3.37. The van der Waals surface area contributed by atoms with Gasteiger partial charge in [0.1, 0.15) is 5.75 Å². The van der Waals surface area contributed by atoms with Gasteiger partial charge in [-0.2, -0.15) is 0 Å². The van der Waals surface area contributed by atoms with Crippen LogP contribution in [0.1, 0.15) is 31.4 Å². The number of hydrogen-bond acceptors (Lipinski definition) is 3. The lowest BCUT2D eigenvalue weighted by Gasteiger charge is -2.13. The van der Waals surface area contributed by atoms with Crippen molar-refractivity contribution in [1.29, 1.82) is 0 Å². The van der Waals surface area contributed by atoms with Crippen molar-refractivity contribution in [2.45, 2.75) is 33.7 Å². The van der Waals surface area contributed by atoms with Gasteiger partial charge >= 0.3 is 0 Å². The smallest absolute Gasteiger partial charge is 0.191 e. The molecule has 0 heterocycles. The molecule has 0 unspecified atom stereocenters. The first-order chi connectivity index (χ1) is 11.1. The molecular formula is C18H32IN3O2. The standard InChI is InChI=1S/C18H31N3O2.HI/c1-14(2)13-23-10-6-9-20-18(19-4)21-12-16-8-7-15(3)17(11-16)22-5;/h7-8,11,14H,6,9-10,12-13H2,1-5H3,(H2,19,20,21);1H. The zero-order chi connectivity index (χ0) is 17.1. The normalized spacial score (nSPS) is 11.2. The molecule has 24 heavy (non-hydrogen) atoms. The summed E-state index contributed by atoms with van der Waals surface area (Å²) in [5, 5.41) is 6.60. The zero-order valence-electron chi connectivity index (χ0n) is 15.5. The molecule has 0 amide bonds. The lowest BCUT2D eigenvalue weighted by molar-refractivity contribution is 0.108. The molecule has 0 bridgehead atoms. The highest BCUT2D eigenvalue weighted by Gasteiger charge is 2.02. The maximum atomic E-state index is 5.56. The zero-order valence-corrected chi connectivity index (χ0v) is 17.8. The second-order valence-electron chi connectivity index (χ2n) is 5.98. The van der Waals surface area contributed by atoms with Crippen molar-refractivity contribution in [3.63, 3.8) is 0 Å². The Labute approximate surface area is 163 Å². The van der Waals surface area contributed by atoms with E-state index in [2.05, 4.69) is 47.7 Å². The minimum absolute atomic E-state index is 0. The van der Waals surface area contributed by atoms with Crippen molar-refractivity contribution in [2.75, 3.05) is 33.9 Å². The minimum Gasteiger partial charge on any atom is -0.496 e. The van der Waals surface area contributed by atoms with E-state index in [1.54, 1.807) is 14.2 Å². The van der Waals surface area contributed by atoms with Crippen LogP contribution in [0.5, 0.6) is 5.75 Å². The number of benzene rings is 1. The predicted molar refractivity (Wildman–Crippen MR) is 112 cm³/mol. The van der Waals surface area contributed by atoms with Gasteiger partial charge in [-0.05, 0) is 36.5 Å². The fourth-order valence-corrected chi connectivity index (χ4v) is 2.08. The molecule has 0 aromatic heterocycles. The van der Waals surface area contributed by atoms with E-state index in [0.717, 1.165) is 49.0 Å². The molecule has 1 aromatic rings. The molecule has 0 fully saturated rings. The van der Waals surface area contributed by atoms with Crippen LogP contribution in [0.3, 0.4) is 0 Å². The number of rotatable bonds is 9. The number of nitrogens with zero attached hydrogens (tertiary/aromatic N) is 1. The van der Waals surface area contributed by atoms with Gasteiger partial charge in [-0.1, -0.05) is 26.0 Å². The van der Waals surface area contributed by atoms with Crippen LogP contribution >= 0.6 is 24.0 Å². The molecule has 1 aromatic carbocycles. The number of aliphatic imine (C=N–C) groups is 1. The van der Waals surface area contributed by atoms with Crippen molar-refractivity contribution < 1.29 is 9.47 Å². The van der Waals surface area contributed by atoms with E-state index in [-0.39, 0.29) is 24.0 Å². The van der Waals surface area contributed by atoms with Crippen LogP contribution in [0, 0.1) is 12.8 Å². The molecule has 6 heteroatoms. The summed E-state index contributed by atoms with van der Waals surface area (Å²) in [4.78, 5) is 4.23. The molecule has 0 aliphatic rings. The molecule has 0 saturated carbocycles. The second-order valence-corrected chi connectivity index (χ2v) is 5.98.